The van der Waals surface area contributed by atoms with Gasteiger partial charge in [-0.15, -0.1) is 0 Å². The summed E-state index contributed by atoms with van der Waals surface area (Å²) in [7, 11) is 0. The molecule has 170 valence electrons. The Morgan fingerprint density at radius 2 is 1.16 bits per heavy atom. The molecule has 2 saturated carbocycles. The van der Waals surface area contributed by atoms with Crippen LogP contribution >= 0.6 is 0 Å². The molecule has 0 amide bonds. The SMILES string of the molecule is FC(F)(F)c1ccccc1C1CCCC1.OC1(c2ccccc2C(F)(F)F)CCCC1. The van der Waals surface area contributed by atoms with Crippen molar-refractivity contribution >= 4 is 0 Å². The fourth-order valence-corrected chi connectivity index (χ4v) is 4.71. The third-order valence-corrected chi connectivity index (χ3v) is 6.23. The molecule has 0 aliphatic heterocycles. The van der Waals surface area contributed by atoms with E-state index in [0.29, 0.717) is 18.4 Å². The van der Waals surface area contributed by atoms with Gasteiger partial charge in [0.05, 0.1) is 16.7 Å². The Balaban J connectivity index is 0.000000176. The zero-order valence-corrected chi connectivity index (χ0v) is 17.1. The van der Waals surface area contributed by atoms with Gasteiger partial charge in [-0.05, 0) is 54.9 Å². The Labute approximate surface area is 178 Å². The van der Waals surface area contributed by atoms with Gasteiger partial charge in [0.15, 0.2) is 0 Å². The Morgan fingerprint density at radius 3 is 1.71 bits per heavy atom. The highest BCUT2D eigenvalue weighted by Gasteiger charge is 2.41. The van der Waals surface area contributed by atoms with Crippen LogP contribution in [0.15, 0.2) is 48.5 Å². The van der Waals surface area contributed by atoms with Gasteiger partial charge in [0.25, 0.3) is 0 Å². The third-order valence-electron chi connectivity index (χ3n) is 6.23. The van der Waals surface area contributed by atoms with Crippen LogP contribution in [0.4, 0.5) is 26.3 Å². The third kappa shape index (κ3) is 5.62. The molecule has 0 spiro atoms. The van der Waals surface area contributed by atoms with Gasteiger partial charge in [-0.2, -0.15) is 26.3 Å². The van der Waals surface area contributed by atoms with Gasteiger partial charge in [-0.3, -0.25) is 0 Å². The second-order valence-corrected chi connectivity index (χ2v) is 8.35. The standard InChI is InChI=1S/C12H13F3O.C12H13F3/c13-12(14,15)10-6-2-1-5-9(10)11(16)7-3-4-8-11;13-12(14,15)11-8-4-3-7-10(11)9-5-1-2-6-9/h1-2,5-6,16H,3-4,7-8H2;3-4,7-9H,1-2,5-6H2. The number of hydrogen-bond donors (Lipinski definition) is 1. The average molecular weight is 444 g/mol. The van der Waals surface area contributed by atoms with Gasteiger partial charge in [-0.1, -0.05) is 62.1 Å². The lowest BCUT2D eigenvalue weighted by atomic mass is 9.88. The molecular weight excluding hydrogens is 418 g/mol. The number of rotatable bonds is 2. The lowest BCUT2D eigenvalue weighted by molar-refractivity contribution is -0.140. The molecule has 0 bridgehead atoms. The van der Waals surface area contributed by atoms with E-state index in [2.05, 4.69) is 0 Å². The molecule has 2 fully saturated rings. The highest BCUT2D eigenvalue weighted by molar-refractivity contribution is 5.35. The second-order valence-electron chi connectivity index (χ2n) is 8.35. The summed E-state index contributed by atoms with van der Waals surface area (Å²) in [5.41, 5.74) is -1.93. The molecule has 0 atom stereocenters. The van der Waals surface area contributed by atoms with Crippen molar-refractivity contribution in [2.75, 3.05) is 0 Å². The van der Waals surface area contributed by atoms with Crippen molar-refractivity contribution in [3.63, 3.8) is 0 Å². The van der Waals surface area contributed by atoms with E-state index < -0.39 is 29.1 Å². The largest absolute Gasteiger partial charge is 0.416 e. The zero-order valence-electron chi connectivity index (χ0n) is 17.1. The minimum absolute atomic E-state index is 0.0278. The monoisotopic (exact) mass is 444 g/mol. The molecule has 0 radical (unpaired) electrons. The molecule has 4 rings (SSSR count). The van der Waals surface area contributed by atoms with Gasteiger partial charge in [0.1, 0.15) is 0 Å². The lowest BCUT2D eigenvalue weighted by Gasteiger charge is -2.26. The number of hydrogen-bond acceptors (Lipinski definition) is 1. The van der Waals surface area contributed by atoms with Gasteiger partial charge in [0, 0.05) is 0 Å². The number of benzene rings is 2. The predicted molar refractivity (Wildman–Crippen MR) is 106 cm³/mol. The smallest absolute Gasteiger partial charge is 0.385 e. The first-order valence-corrected chi connectivity index (χ1v) is 10.6. The number of aliphatic hydroxyl groups is 1. The summed E-state index contributed by atoms with van der Waals surface area (Å²) in [5, 5.41) is 10.2. The second kappa shape index (κ2) is 9.23. The predicted octanol–water partition coefficient (Wildman–Crippen LogP) is 7.83. The van der Waals surface area contributed by atoms with Crippen molar-refractivity contribution in [3.05, 3.63) is 70.8 Å². The van der Waals surface area contributed by atoms with Gasteiger partial charge < -0.3 is 5.11 Å². The fraction of sp³-hybridized carbons (Fsp3) is 0.500. The molecule has 1 nitrogen and oxygen atoms in total. The summed E-state index contributed by atoms with van der Waals surface area (Å²) in [6.07, 6.45) is -2.31. The zero-order chi connectivity index (χ0) is 22.7. The first kappa shape index (κ1) is 23.6. The molecule has 0 unspecified atom stereocenters. The van der Waals surface area contributed by atoms with E-state index >= 15 is 0 Å². The van der Waals surface area contributed by atoms with Crippen LogP contribution in [0.1, 0.15) is 79.5 Å². The van der Waals surface area contributed by atoms with Crippen molar-refractivity contribution in [1.82, 2.24) is 0 Å². The van der Waals surface area contributed by atoms with Crippen LogP contribution in [0, 0.1) is 0 Å². The molecular formula is C24H26F6O. The molecule has 2 aliphatic rings. The Morgan fingerprint density at radius 1 is 0.677 bits per heavy atom. The van der Waals surface area contributed by atoms with E-state index in [1.54, 1.807) is 18.2 Å². The maximum atomic E-state index is 12.8. The summed E-state index contributed by atoms with van der Waals surface area (Å²) in [4.78, 5) is 0. The topological polar surface area (TPSA) is 20.2 Å². The molecule has 31 heavy (non-hydrogen) atoms. The van der Waals surface area contributed by atoms with E-state index in [4.69, 9.17) is 0 Å². The highest BCUT2D eigenvalue weighted by Crippen LogP contribution is 2.44. The van der Waals surface area contributed by atoms with Crippen LogP contribution in [-0.2, 0) is 18.0 Å². The van der Waals surface area contributed by atoms with Crippen molar-refractivity contribution in [2.24, 2.45) is 0 Å². The summed E-state index contributed by atoms with van der Waals surface area (Å²) in [5.74, 6) is 0.114. The van der Waals surface area contributed by atoms with Crippen molar-refractivity contribution in [3.8, 4) is 0 Å². The minimum atomic E-state index is -4.39. The molecule has 2 aromatic rings. The van der Waals surface area contributed by atoms with E-state index in [0.717, 1.165) is 44.6 Å². The van der Waals surface area contributed by atoms with Gasteiger partial charge >= 0.3 is 12.4 Å². The van der Waals surface area contributed by atoms with Crippen LogP contribution in [0.3, 0.4) is 0 Å². The minimum Gasteiger partial charge on any atom is -0.385 e. The first-order valence-electron chi connectivity index (χ1n) is 10.6. The lowest BCUT2D eigenvalue weighted by Crippen LogP contribution is -2.25. The summed E-state index contributed by atoms with van der Waals surface area (Å²) >= 11 is 0. The van der Waals surface area contributed by atoms with Crippen molar-refractivity contribution < 1.29 is 31.4 Å². The maximum Gasteiger partial charge on any atom is 0.416 e. The Hall–Kier alpha value is -2.02. The molecule has 7 heteroatoms. The molecule has 0 heterocycles. The molecule has 2 aromatic carbocycles. The maximum absolute atomic E-state index is 12.8. The first-order chi connectivity index (χ1) is 14.5. The van der Waals surface area contributed by atoms with Crippen LogP contribution in [0.5, 0.6) is 0 Å². The van der Waals surface area contributed by atoms with E-state index in [-0.39, 0.29) is 11.5 Å². The van der Waals surface area contributed by atoms with Crippen LogP contribution in [0.25, 0.3) is 0 Å². The molecule has 0 aromatic heterocycles. The van der Waals surface area contributed by atoms with Crippen LogP contribution < -0.4 is 0 Å². The normalized spacial score (nSPS) is 19.2. The summed E-state index contributed by atoms with van der Waals surface area (Å²) in [6, 6.07) is 11.3. The van der Waals surface area contributed by atoms with E-state index in [1.165, 1.54) is 24.3 Å². The number of alkyl halides is 6. The Bertz CT molecular complexity index is 859. The van der Waals surface area contributed by atoms with Gasteiger partial charge in [0.2, 0.25) is 0 Å². The molecule has 0 saturated heterocycles. The van der Waals surface area contributed by atoms with Crippen molar-refractivity contribution in [2.45, 2.75) is 75.2 Å². The summed E-state index contributed by atoms with van der Waals surface area (Å²) < 4.78 is 76.4. The Kier molecular flexibility index (Phi) is 7.04. The van der Waals surface area contributed by atoms with Gasteiger partial charge in [-0.25, -0.2) is 0 Å². The summed E-state index contributed by atoms with van der Waals surface area (Å²) in [6.45, 7) is 0. The van der Waals surface area contributed by atoms with Crippen LogP contribution in [-0.4, -0.2) is 5.11 Å². The molecule has 1 N–H and O–H groups in total. The fourth-order valence-electron chi connectivity index (χ4n) is 4.71. The quantitative estimate of drug-likeness (QED) is 0.468. The van der Waals surface area contributed by atoms with Crippen molar-refractivity contribution in [1.29, 1.82) is 0 Å². The average Bonchev–Trinajstić information content (AvgIpc) is 3.40. The molecule has 2 aliphatic carbocycles. The number of halogens is 6. The van der Waals surface area contributed by atoms with Crippen LogP contribution in [0.2, 0.25) is 0 Å². The van der Waals surface area contributed by atoms with E-state index in [9.17, 15) is 31.4 Å². The highest BCUT2D eigenvalue weighted by atomic mass is 19.4. The van der Waals surface area contributed by atoms with E-state index in [1.807, 2.05) is 0 Å².